The molecule has 2 atom stereocenters. The van der Waals surface area contributed by atoms with Crippen molar-refractivity contribution in [3.63, 3.8) is 0 Å². The first kappa shape index (κ1) is 15.6. The fourth-order valence-electron chi connectivity index (χ4n) is 2.62. The highest BCUT2D eigenvalue weighted by Gasteiger charge is 2.30. The molecule has 0 aromatic heterocycles. The lowest BCUT2D eigenvalue weighted by molar-refractivity contribution is -0.122. The zero-order chi connectivity index (χ0) is 15.8. The third-order valence-corrected chi connectivity index (χ3v) is 4.84. The largest absolute Gasteiger partial charge is 0.397 e. The van der Waals surface area contributed by atoms with Crippen molar-refractivity contribution in [3.8, 4) is 0 Å². The Labute approximate surface area is 124 Å². The minimum absolute atomic E-state index is 0.0000912. The summed E-state index contributed by atoms with van der Waals surface area (Å²) in [7, 11) is -3.80. The molecular weight excluding hydrogens is 292 g/mol. The molecule has 116 valence electrons. The number of benzene rings is 1. The third-order valence-electron chi connectivity index (χ3n) is 3.92. The standard InChI is InChI=1S/C13H20N4O3S/c1-8-2-3-9(13(15)18)7-17(8)12-6-10(21(16,19)20)4-5-11(12)14/h4-6,8-9H,2-3,7,14H2,1H3,(H2,15,18)(H2,16,19,20). The van der Waals surface area contributed by atoms with Crippen molar-refractivity contribution in [3.05, 3.63) is 18.2 Å². The Kier molecular flexibility index (Phi) is 4.11. The van der Waals surface area contributed by atoms with Gasteiger partial charge in [0.2, 0.25) is 15.9 Å². The molecule has 0 aliphatic carbocycles. The number of sulfonamides is 1. The first-order valence-electron chi connectivity index (χ1n) is 6.68. The molecule has 1 aromatic carbocycles. The van der Waals surface area contributed by atoms with Gasteiger partial charge in [-0.1, -0.05) is 0 Å². The van der Waals surface area contributed by atoms with Gasteiger partial charge in [0.15, 0.2) is 0 Å². The quantitative estimate of drug-likeness (QED) is 0.676. The molecular formula is C13H20N4O3S. The summed E-state index contributed by atoms with van der Waals surface area (Å²) in [6.07, 6.45) is 1.51. The predicted octanol–water partition coefficient (Wildman–Crippen LogP) is 0.00640. The number of nitrogens with zero attached hydrogens (tertiary/aromatic N) is 1. The van der Waals surface area contributed by atoms with Crippen LogP contribution in [0.1, 0.15) is 19.8 Å². The Bertz CT molecular complexity index is 659. The van der Waals surface area contributed by atoms with Crippen molar-refractivity contribution < 1.29 is 13.2 Å². The SMILES string of the molecule is CC1CCC(C(N)=O)CN1c1cc(S(N)(=O)=O)ccc1N. The smallest absolute Gasteiger partial charge is 0.238 e. The molecule has 1 aliphatic rings. The molecule has 0 radical (unpaired) electrons. The number of nitrogen functional groups attached to an aromatic ring is 1. The van der Waals surface area contributed by atoms with Crippen LogP contribution < -0.4 is 21.5 Å². The van der Waals surface area contributed by atoms with E-state index in [1.54, 1.807) is 0 Å². The maximum Gasteiger partial charge on any atom is 0.238 e. The molecule has 7 nitrogen and oxygen atoms in total. The van der Waals surface area contributed by atoms with Crippen LogP contribution in [-0.2, 0) is 14.8 Å². The van der Waals surface area contributed by atoms with E-state index in [1.165, 1.54) is 18.2 Å². The van der Waals surface area contributed by atoms with Crippen molar-refractivity contribution in [2.75, 3.05) is 17.2 Å². The van der Waals surface area contributed by atoms with Crippen LogP contribution >= 0.6 is 0 Å². The first-order valence-corrected chi connectivity index (χ1v) is 8.23. The number of piperidine rings is 1. The molecule has 1 amide bonds. The van der Waals surface area contributed by atoms with Crippen molar-refractivity contribution in [2.24, 2.45) is 16.8 Å². The summed E-state index contributed by atoms with van der Waals surface area (Å²) >= 11 is 0. The first-order chi connectivity index (χ1) is 9.70. The fraction of sp³-hybridized carbons (Fsp3) is 0.462. The Morgan fingerprint density at radius 3 is 2.57 bits per heavy atom. The molecule has 0 saturated carbocycles. The van der Waals surface area contributed by atoms with Crippen molar-refractivity contribution >= 4 is 27.3 Å². The van der Waals surface area contributed by atoms with Gasteiger partial charge in [0.25, 0.3) is 0 Å². The summed E-state index contributed by atoms with van der Waals surface area (Å²) < 4.78 is 23.0. The van der Waals surface area contributed by atoms with Crippen LogP contribution in [0.4, 0.5) is 11.4 Å². The normalized spacial score (nSPS) is 23.0. The zero-order valence-electron chi connectivity index (χ0n) is 11.8. The summed E-state index contributed by atoms with van der Waals surface area (Å²) in [6, 6.07) is 4.47. The zero-order valence-corrected chi connectivity index (χ0v) is 12.6. The van der Waals surface area contributed by atoms with E-state index in [2.05, 4.69) is 0 Å². The molecule has 1 saturated heterocycles. The van der Waals surface area contributed by atoms with Crippen molar-refractivity contribution in [2.45, 2.75) is 30.7 Å². The van der Waals surface area contributed by atoms with Crippen LogP contribution in [0.5, 0.6) is 0 Å². The van der Waals surface area contributed by atoms with Crippen LogP contribution in [-0.4, -0.2) is 26.9 Å². The number of hydrogen-bond acceptors (Lipinski definition) is 5. The summed E-state index contributed by atoms with van der Waals surface area (Å²) in [4.78, 5) is 13.3. The molecule has 8 heteroatoms. The lowest BCUT2D eigenvalue weighted by Gasteiger charge is -2.39. The number of amides is 1. The number of nitrogens with two attached hydrogens (primary N) is 3. The molecule has 1 aliphatic heterocycles. The monoisotopic (exact) mass is 312 g/mol. The van der Waals surface area contributed by atoms with Gasteiger partial charge < -0.3 is 16.4 Å². The van der Waals surface area contributed by atoms with Crippen molar-refractivity contribution in [1.82, 2.24) is 0 Å². The number of anilines is 2. The number of primary sulfonamides is 1. The molecule has 6 N–H and O–H groups in total. The summed E-state index contributed by atoms with van der Waals surface area (Å²) in [5, 5.41) is 5.15. The maximum absolute atomic E-state index is 11.5. The van der Waals surface area contributed by atoms with E-state index < -0.39 is 10.0 Å². The van der Waals surface area contributed by atoms with Gasteiger partial charge in [0.1, 0.15) is 0 Å². The van der Waals surface area contributed by atoms with Crippen LogP contribution in [0.3, 0.4) is 0 Å². The second kappa shape index (κ2) is 5.53. The van der Waals surface area contributed by atoms with E-state index in [-0.39, 0.29) is 22.8 Å². The van der Waals surface area contributed by atoms with Gasteiger partial charge in [-0.25, -0.2) is 13.6 Å². The molecule has 1 fully saturated rings. The van der Waals surface area contributed by atoms with Gasteiger partial charge in [-0.15, -0.1) is 0 Å². The molecule has 2 rings (SSSR count). The van der Waals surface area contributed by atoms with E-state index in [4.69, 9.17) is 16.6 Å². The van der Waals surface area contributed by atoms with Crippen LogP contribution in [0.2, 0.25) is 0 Å². The third kappa shape index (κ3) is 3.27. The van der Waals surface area contributed by atoms with E-state index in [1.807, 2.05) is 11.8 Å². The Balaban J connectivity index is 2.41. The van der Waals surface area contributed by atoms with Gasteiger partial charge >= 0.3 is 0 Å². The highest BCUT2D eigenvalue weighted by molar-refractivity contribution is 7.89. The van der Waals surface area contributed by atoms with Gasteiger partial charge in [0, 0.05) is 12.6 Å². The molecule has 2 unspecified atom stereocenters. The van der Waals surface area contributed by atoms with Crippen molar-refractivity contribution in [1.29, 1.82) is 0 Å². The minimum Gasteiger partial charge on any atom is -0.397 e. The summed E-state index contributed by atoms with van der Waals surface area (Å²) in [5.74, 6) is -0.619. The lowest BCUT2D eigenvalue weighted by atomic mass is 9.92. The van der Waals surface area contributed by atoms with E-state index in [9.17, 15) is 13.2 Å². The minimum atomic E-state index is -3.80. The van der Waals surface area contributed by atoms with Gasteiger partial charge in [-0.3, -0.25) is 4.79 Å². The molecule has 1 heterocycles. The van der Waals surface area contributed by atoms with Crippen LogP contribution in [0, 0.1) is 5.92 Å². The van der Waals surface area contributed by atoms with Gasteiger partial charge in [-0.05, 0) is 38.0 Å². The number of primary amides is 1. The Hall–Kier alpha value is -1.80. The second-order valence-electron chi connectivity index (χ2n) is 5.44. The topological polar surface area (TPSA) is 133 Å². The second-order valence-corrected chi connectivity index (χ2v) is 7.01. The average molecular weight is 312 g/mol. The molecule has 0 spiro atoms. The molecule has 0 bridgehead atoms. The lowest BCUT2D eigenvalue weighted by Crippen LogP contribution is -2.46. The van der Waals surface area contributed by atoms with Gasteiger partial charge in [0.05, 0.1) is 22.2 Å². The molecule has 1 aromatic rings. The van der Waals surface area contributed by atoms with Crippen LogP contribution in [0.15, 0.2) is 23.1 Å². The number of rotatable bonds is 3. The highest BCUT2D eigenvalue weighted by Crippen LogP contribution is 2.33. The average Bonchev–Trinajstić information content (AvgIpc) is 2.38. The Morgan fingerprint density at radius 1 is 1.33 bits per heavy atom. The molecule has 21 heavy (non-hydrogen) atoms. The summed E-state index contributed by atoms with van der Waals surface area (Å²) in [5.41, 5.74) is 12.3. The number of carbonyl (C=O) groups excluding carboxylic acids is 1. The van der Waals surface area contributed by atoms with Gasteiger partial charge in [-0.2, -0.15) is 0 Å². The van der Waals surface area contributed by atoms with Crippen LogP contribution in [0.25, 0.3) is 0 Å². The maximum atomic E-state index is 11.5. The predicted molar refractivity (Wildman–Crippen MR) is 81.0 cm³/mol. The fourth-order valence-corrected chi connectivity index (χ4v) is 3.16. The highest BCUT2D eigenvalue weighted by atomic mass is 32.2. The van der Waals surface area contributed by atoms with E-state index in [0.29, 0.717) is 17.9 Å². The van der Waals surface area contributed by atoms with E-state index in [0.717, 1.165) is 12.8 Å². The Morgan fingerprint density at radius 2 is 2.00 bits per heavy atom. The number of carbonyl (C=O) groups is 1. The van der Waals surface area contributed by atoms with E-state index >= 15 is 0 Å². The summed E-state index contributed by atoms with van der Waals surface area (Å²) in [6.45, 7) is 2.43. The number of hydrogen-bond donors (Lipinski definition) is 3.